The number of hydrogen-bond donors (Lipinski definition) is 2. The molecule has 0 rings (SSSR count). The quantitative estimate of drug-likeness (QED) is 0.471. The monoisotopic (exact) mass is 290 g/mol. The van der Waals surface area contributed by atoms with Crippen molar-refractivity contribution in [1.29, 1.82) is 0 Å². The van der Waals surface area contributed by atoms with Gasteiger partial charge in [-0.1, -0.05) is 6.92 Å². The van der Waals surface area contributed by atoms with Crippen molar-refractivity contribution in [2.45, 2.75) is 45.6 Å². The van der Waals surface area contributed by atoms with E-state index in [4.69, 9.17) is 15.2 Å². The molecule has 0 fully saturated rings. The Morgan fingerprint density at radius 2 is 1.55 bits per heavy atom. The van der Waals surface area contributed by atoms with Crippen LogP contribution in [0.2, 0.25) is 0 Å². The number of aliphatic hydroxyl groups excluding tert-OH is 1. The number of aliphatic hydroxyl groups is 1. The molecule has 0 heterocycles. The Kier molecular flexibility index (Phi) is 12.4. The van der Waals surface area contributed by atoms with E-state index in [0.717, 1.165) is 65.3 Å². The zero-order valence-corrected chi connectivity index (χ0v) is 13.6. The maximum atomic E-state index is 9.32. The molecule has 0 spiro atoms. The van der Waals surface area contributed by atoms with Crippen LogP contribution < -0.4 is 5.73 Å². The van der Waals surface area contributed by atoms with Gasteiger partial charge in [-0.25, -0.2) is 0 Å². The van der Waals surface area contributed by atoms with E-state index in [1.807, 2.05) is 20.8 Å². The molecule has 0 saturated carbocycles. The van der Waals surface area contributed by atoms with Crippen LogP contribution in [0.4, 0.5) is 0 Å². The predicted molar refractivity (Wildman–Crippen MR) is 83.0 cm³/mol. The van der Waals surface area contributed by atoms with Crippen LogP contribution in [0.15, 0.2) is 0 Å². The molecule has 0 aliphatic rings. The molecule has 0 bridgehead atoms. The predicted octanol–water partition coefficient (Wildman–Crippen LogP) is 1.24. The zero-order valence-electron chi connectivity index (χ0n) is 13.6. The molecule has 0 aliphatic carbocycles. The molecule has 0 amide bonds. The van der Waals surface area contributed by atoms with Crippen molar-refractivity contribution in [2.24, 2.45) is 5.73 Å². The van der Waals surface area contributed by atoms with Crippen LogP contribution in [-0.4, -0.2) is 68.2 Å². The average molecular weight is 290 g/mol. The molecule has 122 valence electrons. The van der Waals surface area contributed by atoms with Gasteiger partial charge in [-0.2, -0.15) is 0 Å². The maximum absolute atomic E-state index is 9.32. The van der Waals surface area contributed by atoms with Crippen molar-refractivity contribution in [3.8, 4) is 0 Å². The van der Waals surface area contributed by atoms with E-state index in [9.17, 15) is 5.11 Å². The lowest BCUT2D eigenvalue weighted by molar-refractivity contribution is 0.0800. The van der Waals surface area contributed by atoms with Crippen LogP contribution in [-0.2, 0) is 9.47 Å². The van der Waals surface area contributed by atoms with Crippen LogP contribution in [0.25, 0.3) is 0 Å². The third-order valence-corrected chi connectivity index (χ3v) is 3.68. The minimum absolute atomic E-state index is 0.0569. The van der Waals surface area contributed by atoms with Crippen molar-refractivity contribution in [3.05, 3.63) is 0 Å². The van der Waals surface area contributed by atoms with Gasteiger partial charge in [-0.05, 0) is 39.7 Å². The largest absolute Gasteiger partial charge is 0.394 e. The van der Waals surface area contributed by atoms with Crippen LogP contribution in [0, 0.1) is 0 Å². The first-order valence-corrected chi connectivity index (χ1v) is 7.89. The molecule has 1 unspecified atom stereocenters. The highest BCUT2D eigenvalue weighted by molar-refractivity contribution is 4.81. The van der Waals surface area contributed by atoms with Crippen molar-refractivity contribution in [1.82, 2.24) is 4.90 Å². The Bertz CT molecular complexity index is 201. The van der Waals surface area contributed by atoms with Gasteiger partial charge in [0, 0.05) is 31.8 Å². The molecule has 5 heteroatoms. The van der Waals surface area contributed by atoms with E-state index >= 15 is 0 Å². The number of nitrogens with zero attached hydrogens (tertiary/aromatic N) is 1. The highest BCUT2D eigenvalue weighted by Crippen LogP contribution is 2.13. The molecule has 0 aromatic rings. The summed E-state index contributed by atoms with van der Waals surface area (Å²) in [5, 5.41) is 9.32. The van der Waals surface area contributed by atoms with E-state index in [1.165, 1.54) is 0 Å². The van der Waals surface area contributed by atoms with E-state index in [1.54, 1.807) is 0 Å². The van der Waals surface area contributed by atoms with Crippen LogP contribution in [0.3, 0.4) is 0 Å². The summed E-state index contributed by atoms with van der Waals surface area (Å²) in [4.78, 5) is 2.35. The molecule has 1 atom stereocenters. The first-order chi connectivity index (χ1) is 9.61. The fourth-order valence-electron chi connectivity index (χ4n) is 2.03. The standard InChI is InChI=1S/C15H34N2O3/c1-4-15(16,14-18)8-7-9-17(10-12-19-5-2)11-13-20-6-3/h18H,4-14,16H2,1-3H3. The first kappa shape index (κ1) is 19.8. The third kappa shape index (κ3) is 9.66. The summed E-state index contributed by atoms with van der Waals surface area (Å²) in [6, 6.07) is 0. The SMILES string of the molecule is CCOCCN(CCCC(N)(CC)CO)CCOCC. The van der Waals surface area contributed by atoms with Crippen LogP contribution >= 0.6 is 0 Å². The number of hydrogen-bond acceptors (Lipinski definition) is 5. The molecule has 0 aromatic heterocycles. The summed E-state index contributed by atoms with van der Waals surface area (Å²) >= 11 is 0. The number of nitrogens with two attached hydrogens (primary N) is 1. The molecule has 0 radical (unpaired) electrons. The van der Waals surface area contributed by atoms with Crippen LogP contribution in [0.1, 0.15) is 40.0 Å². The smallest absolute Gasteiger partial charge is 0.0611 e. The Labute approximate surface area is 124 Å². The van der Waals surface area contributed by atoms with Crippen molar-refractivity contribution >= 4 is 0 Å². The van der Waals surface area contributed by atoms with Gasteiger partial charge >= 0.3 is 0 Å². The number of ether oxygens (including phenoxy) is 2. The van der Waals surface area contributed by atoms with Gasteiger partial charge in [0.25, 0.3) is 0 Å². The van der Waals surface area contributed by atoms with E-state index < -0.39 is 5.54 Å². The van der Waals surface area contributed by atoms with E-state index in [-0.39, 0.29) is 6.61 Å². The van der Waals surface area contributed by atoms with Gasteiger partial charge in [-0.15, -0.1) is 0 Å². The second-order valence-electron chi connectivity index (χ2n) is 5.21. The summed E-state index contributed by atoms with van der Waals surface area (Å²) in [6.07, 6.45) is 2.64. The van der Waals surface area contributed by atoms with Gasteiger partial charge in [0.15, 0.2) is 0 Å². The fourth-order valence-corrected chi connectivity index (χ4v) is 2.03. The van der Waals surface area contributed by atoms with Crippen molar-refractivity contribution in [2.75, 3.05) is 52.7 Å². The third-order valence-electron chi connectivity index (χ3n) is 3.68. The summed E-state index contributed by atoms with van der Waals surface area (Å²) in [7, 11) is 0. The lowest BCUT2D eigenvalue weighted by atomic mass is 9.92. The highest BCUT2D eigenvalue weighted by Gasteiger charge is 2.21. The molecule has 0 saturated heterocycles. The van der Waals surface area contributed by atoms with Gasteiger partial charge in [0.1, 0.15) is 0 Å². The lowest BCUT2D eigenvalue weighted by Crippen LogP contribution is -2.43. The first-order valence-electron chi connectivity index (χ1n) is 7.89. The lowest BCUT2D eigenvalue weighted by Gasteiger charge is -2.28. The van der Waals surface area contributed by atoms with Gasteiger partial charge < -0.3 is 20.3 Å². The summed E-state index contributed by atoms with van der Waals surface area (Å²) < 4.78 is 10.8. The Morgan fingerprint density at radius 1 is 1.00 bits per heavy atom. The minimum atomic E-state index is -0.425. The molecule has 20 heavy (non-hydrogen) atoms. The Hall–Kier alpha value is -0.200. The van der Waals surface area contributed by atoms with Crippen molar-refractivity contribution < 1.29 is 14.6 Å². The summed E-state index contributed by atoms with van der Waals surface area (Å²) in [5.41, 5.74) is 5.68. The van der Waals surface area contributed by atoms with E-state index in [0.29, 0.717) is 0 Å². The Morgan fingerprint density at radius 3 is 1.95 bits per heavy atom. The van der Waals surface area contributed by atoms with E-state index in [2.05, 4.69) is 4.90 Å². The molecular weight excluding hydrogens is 256 g/mol. The van der Waals surface area contributed by atoms with Gasteiger partial charge in [-0.3, -0.25) is 4.90 Å². The van der Waals surface area contributed by atoms with Gasteiger partial charge in [0.05, 0.1) is 19.8 Å². The second-order valence-corrected chi connectivity index (χ2v) is 5.21. The average Bonchev–Trinajstić information content (AvgIpc) is 2.47. The minimum Gasteiger partial charge on any atom is -0.394 e. The maximum Gasteiger partial charge on any atom is 0.0611 e. The number of rotatable bonds is 14. The summed E-state index contributed by atoms with van der Waals surface area (Å²) in [5.74, 6) is 0. The van der Waals surface area contributed by atoms with Gasteiger partial charge in [0.2, 0.25) is 0 Å². The molecular formula is C15H34N2O3. The summed E-state index contributed by atoms with van der Waals surface area (Å²) in [6.45, 7) is 11.9. The van der Waals surface area contributed by atoms with Crippen molar-refractivity contribution in [3.63, 3.8) is 0 Å². The second kappa shape index (κ2) is 12.5. The highest BCUT2D eigenvalue weighted by atomic mass is 16.5. The molecule has 0 aliphatic heterocycles. The molecule has 0 aromatic carbocycles. The Balaban J connectivity index is 3.99. The zero-order chi connectivity index (χ0) is 15.3. The fraction of sp³-hybridized carbons (Fsp3) is 1.00. The van der Waals surface area contributed by atoms with Crippen LogP contribution in [0.5, 0.6) is 0 Å². The topological polar surface area (TPSA) is 68.0 Å². The normalized spacial score (nSPS) is 14.7. The molecule has 3 N–H and O–H groups in total. The molecule has 5 nitrogen and oxygen atoms in total.